The van der Waals surface area contributed by atoms with Crippen molar-refractivity contribution in [2.24, 2.45) is 0 Å². The summed E-state index contributed by atoms with van der Waals surface area (Å²) in [4.78, 5) is 0.0621. The zero-order chi connectivity index (χ0) is 14.8. The molecule has 0 saturated heterocycles. The van der Waals surface area contributed by atoms with E-state index < -0.39 is 30.8 Å². The third-order valence-corrected chi connectivity index (χ3v) is 7.93. The van der Waals surface area contributed by atoms with Gasteiger partial charge >= 0.3 is 127 Å². The van der Waals surface area contributed by atoms with Gasteiger partial charge in [-0.15, -0.1) is 0 Å². The van der Waals surface area contributed by atoms with E-state index in [9.17, 15) is 11.9 Å². The van der Waals surface area contributed by atoms with Crippen LogP contribution in [-0.2, 0) is 12.6 Å². The van der Waals surface area contributed by atoms with E-state index in [1.807, 2.05) is 19.9 Å². The average Bonchev–Trinajstić information content (AvgIpc) is 2.38. The number of hydrogen-bond donors (Lipinski definition) is 1. The normalized spacial score (nSPS) is 12.2. The van der Waals surface area contributed by atoms with Crippen LogP contribution in [0, 0.1) is 17.4 Å². The molecule has 0 aliphatic rings. The predicted octanol–water partition coefficient (Wildman–Crippen LogP) is 3.21. The predicted molar refractivity (Wildman–Crippen MR) is 85.6 cm³/mol. The second-order valence-electron chi connectivity index (χ2n) is 4.36. The van der Waals surface area contributed by atoms with Crippen LogP contribution < -0.4 is 0 Å². The second kappa shape index (κ2) is 6.21. The van der Waals surface area contributed by atoms with E-state index in [4.69, 9.17) is 2.51 Å². The van der Waals surface area contributed by atoms with E-state index in [0.717, 1.165) is 11.1 Å². The van der Waals surface area contributed by atoms with E-state index in [-0.39, 0.29) is 4.90 Å². The summed E-state index contributed by atoms with van der Waals surface area (Å²) in [6.07, 6.45) is 0. The summed E-state index contributed by atoms with van der Waals surface area (Å²) in [7, 11) is -3.92. The quantitative estimate of drug-likeness (QED) is 0.793. The van der Waals surface area contributed by atoms with Crippen molar-refractivity contribution in [1.29, 1.82) is 0 Å². The van der Waals surface area contributed by atoms with E-state index in [1.165, 1.54) is 12.1 Å². The van der Waals surface area contributed by atoms with Crippen molar-refractivity contribution in [3.63, 3.8) is 0 Å². The molecule has 0 aromatic heterocycles. The van der Waals surface area contributed by atoms with Crippen LogP contribution in [0.3, 0.4) is 0 Å². The third kappa shape index (κ3) is 3.78. The molecule has 2 aromatic carbocycles. The summed E-state index contributed by atoms with van der Waals surface area (Å²) in [6.45, 7) is 3.75. The summed E-state index contributed by atoms with van der Waals surface area (Å²) < 4.78 is 39.7. The Kier molecular flexibility index (Phi) is 4.79. The van der Waals surface area contributed by atoms with Crippen molar-refractivity contribution in [2.75, 3.05) is 0 Å². The standard InChI is InChI=1S/C14H15IO4S/c1-11-6-8-14(9-7-11)20(17,18)19-15(16)13-5-3-4-12(2)10-13/h3-10,16H,1-2H3. The Morgan fingerprint density at radius 1 is 1.00 bits per heavy atom. The van der Waals surface area contributed by atoms with Gasteiger partial charge in [0.2, 0.25) is 0 Å². The summed E-state index contributed by atoms with van der Waals surface area (Å²) in [5.41, 5.74) is 1.91. The molecular formula is C14H15IO4S. The molecule has 0 heterocycles. The second-order valence-corrected chi connectivity index (χ2v) is 9.51. The molecule has 4 nitrogen and oxygen atoms in total. The first-order chi connectivity index (χ1) is 9.38. The summed E-state index contributed by atoms with van der Waals surface area (Å²) in [5.74, 6) is 0. The van der Waals surface area contributed by atoms with Crippen LogP contribution in [0.15, 0.2) is 53.4 Å². The van der Waals surface area contributed by atoms with E-state index in [0.29, 0.717) is 3.57 Å². The molecule has 108 valence electrons. The first-order valence-electron chi connectivity index (χ1n) is 5.86. The Bertz CT molecular complexity index is 695. The minimum atomic E-state index is -3.92. The molecule has 0 radical (unpaired) electrons. The molecule has 2 rings (SSSR count). The number of hydrogen-bond acceptors (Lipinski definition) is 4. The monoisotopic (exact) mass is 406 g/mol. The van der Waals surface area contributed by atoms with Gasteiger partial charge < -0.3 is 0 Å². The first kappa shape index (κ1) is 15.4. The maximum atomic E-state index is 12.1. The minimum absolute atomic E-state index is 0.0621. The summed E-state index contributed by atoms with van der Waals surface area (Å²) in [5, 5.41) is 0. The molecule has 1 N–H and O–H groups in total. The molecular weight excluding hydrogens is 391 g/mol. The van der Waals surface area contributed by atoms with E-state index >= 15 is 0 Å². The molecule has 0 spiro atoms. The fraction of sp³-hybridized carbons (Fsp3) is 0.143. The Hall–Kier alpha value is -0.960. The number of aryl methyl sites for hydroxylation is 2. The van der Waals surface area contributed by atoms with Crippen LogP contribution in [0.25, 0.3) is 0 Å². The van der Waals surface area contributed by atoms with Crippen molar-refractivity contribution < 1.29 is 14.4 Å². The molecule has 6 heteroatoms. The van der Waals surface area contributed by atoms with E-state index in [1.54, 1.807) is 30.3 Å². The fourth-order valence-corrected chi connectivity index (χ4v) is 6.20. The molecule has 0 amide bonds. The molecule has 0 bridgehead atoms. The number of benzene rings is 2. The zero-order valence-electron chi connectivity index (χ0n) is 11.1. The van der Waals surface area contributed by atoms with E-state index in [2.05, 4.69) is 0 Å². The van der Waals surface area contributed by atoms with Gasteiger partial charge in [-0.1, -0.05) is 0 Å². The zero-order valence-corrected chi connectivity index (χ0v) is 14.1. The van der Waals surface area contributed by atoms with Crippen LogP contribution >= 0.6 is 20.6 Å². The van der Waals surface area contributed by atoms with Gasteiger partial charge in [0.15, 0.2) is 0 Å². The van der Waals surface area contributed by atoms with Gasteiger partial charge in [-0.3, -0.25) is 0 Å². The Morgan fingerprint density at radius 2 is 1.65 bits per heavy atom. The van der Waals surface area contributed by atoms with Gasteiger partial charge in [0.25, 0.3) is 0 Å². The molecule has 0 fully saturated rings. The number of rotatable bonds is 4. The molecule has 2 aromatic rings. The van der Waals surface area contributed by atoms with Gasteiger partial charge in [0.05, 0.1) is 0 Å². The van der Waals surface area contributed by atoms with Crippen LogP contribution in [0.2, 0.25) is 0 Å². The summed E-state index contributed by atoms with van der Waals surface area (Å²) >= 11 is -3.17. The van der Waals surface area contributed by atoms with Crippen molar-refractivity contribution in [2.45, 2.75) is 18.7 Å². The van der Waals surface area contributed by atoms with Gasteiger partial charge in [0.1, 0.15) is 0 Å². The SMILES string of the molecule is Cc1ccc(S(=O)(=O)OI(O)c2cccc(C)c2)cc1. The van der Waals surface area contributed by atoms with Crippen LogP contribution in [-0.4, -0.2) is 11.9 Å². The first-order valence-corrected chi connectivity index (χ1v) is 10.2. The Labute approximate surface area is 127 Å². The summed E-state index contributed by atoms with van der Waals surface area (Å²) in [6, 6.07) is 13.4. The van der Waals surface area contributed by atoms with Crippen molar-refractivity contribution in [3.8, 4) is 0 Å². The molecule has 0 unspecified atom stereocenters. The van der Waals surface area contributed by atoms with Crippen molar-refractivity contribution >= 4 is 30.8 Å². The number of halogens is 1. The van der Waals surface area contributed by atoms with Crippen molar-refractivity contribution in [1.82, 2.24) is 0 Å². The Morgan fingerprint density at radius 3 is 2.25 bits per heavy atom. The van der Waals surface area contributed by atoms with Gasteiger partial charge in [0, 0.05) is 0 Å². The van der Waals surface area contributed by atoms with Gasteiger partial charge in [-0.05, 0) is 0 Å². The maximum absolute atomic E-state index is 12.1. The third-order valence-electron chi connectivity index (χ3n) is 2.62. The van der Waals surface area contributed by atoms with Crippen molar-refractivity contribution in [3.05, 3.63) is 63.2 Å². The van der Waals surface area contributed by atoms with Gasteiger partial charge in [-0.25, -0.2) is 0 Å². The average molecular weight is 406 g/mol. The molecule has 20 heavy (non-hydrogen) atoms. The van der Waals surface area contributed by atoms with Crippen LogP contribution in [0.4, 0.5) is 0 Å². The molecule has 0 aliphatic heterocycles. The molecule has 0 atom stereocenters. The molecule has 0 aliphatic carbocycles. The molecule has 0 saturated carbocycles. The van der Waals surface area contributed by atoms with Gasteiger partial charge in [-0.2, -0.15) is 0 Å². The fourth-order valence-electron chi connectivity index (χ4n) is 1.56. The Balaban J connectivity index is 2.22. The van der Waals surface area contributed by atoms with Crippen LogP contribution in [0.1, 0.15) is 11.1 Å². The van der Waals surface area contributed by atoms with Crippen LogP contribution in [0.5, 0.6) is 0 Å². The topological polar surface area (TPSA) is 63.6 Å².